The molecule has 2 nitrogen and oxygen atoms in total. The Labute approximate surface area is 132 Å². The van der Waals surface area contributed by atoms with E-state index in [0.29, 0.717) is 13.0 Å². The molecule has 0 fully saturated rings. The van der Waals surface area contributed by atoms with E-state index >= 15 is 0 Å². The third-order valence-electron chi connectivity index (χ3n) is 3.14. The zero-order valence-corrected chi connectivity index (χ0v) is 13.4. The Bertz CT molecular complexity index is 601. The highest BCUT2D eigenvalue weighted by atomic mass is 79.9. The van der Waals surface area contributed by atoms with Gasteiger partial charge in [-0.1, -0.05) is 35.0 Å². The summed E-state index contributed by atoms with van der Waals surface area (Å²) in [6.45, 7) is 2.69. The third kappa shape index (κ3) is 4.55. The molecule has 0 amide bonds. The van der Waals surface area contributed by atoms with Crippen LogP contribution in [0, 0.1) is 5.82 Å². The molecule has 4 heteroatoms. The maximum absolute atomic E-state index is 13.3. The van der Waals surface area contributed by atoms with E-state index in [9.17, 15) is 9.50 Å². The molecule has 1 N–H and O–H groups in total. The van der Waals surface area contributed by atoms with Crippen LogP contribution >= 0.6 is 15.9 Å². The Morgan fingerprint density at radius 3 is 2.81 bits per heavy atom. The van der Waals surface area contributed by atoms with E-state index in [2.05, 4.69) is 15.9 Å². The summed E-state index contributed by atoms with van der Waals surface area (Å²) >= 11 is 3.38. The van der Waals surface area contributed by atoms with Crippen molar-refractivity contribution in [3.8, 4) is 5.75 Å². The van der Waals surface area contributed by atoms with E-state index in [-0.39, 0.29) is 5.82 Å². The average Bonchev–Trinajstić information content (AvgIpc) is 2.49. The molecule has 2 rings (SSSR count). The van der Waals surface area contributed by atoms with Crippen molar-refractivity contribution in [2.45, 2.75) is 25.9 Å². The summed E-state index contributed by atoms with van der Waals surface area (Å²) in [4.78, 5) is 0. The number of ether oxygens (including phenoxy) is 1. The Morgan fingerprint density at radius 1 is 1.24 bits per heavy atom. The summed E-state index contributed by atoms with van der Waals surface area (Å²) in [7, 11) is 0. The van der Waals surface area contributed by atoms with E-state index in [4.69, 9.17) is 4.74 Å². The normalized spacial score (nSPS) is 12.2. The Balaban J connectivity index is 2.12. The molecule has 0 bridgehead atoms. The van der Waals surface area contributed by atoms with Crippen LogP contribution in [0.4, 0.5) is 4.39 Å². The van der Waals surface area contributed by atoms with E-state index in [1.807, 2.05) is 31.2 Å². The van der Waals surface area contributed by atoms with Gasteiger partial charge in [-0.15, -0.1) is 0 Å². The minimum atomic E-state index is -0.701. The van der Waals surface area contributed by atoms with Crippen LogP contribution in [0.15, 0.2) is 46.9 Å². The highest BCUT2D eigenvalue weighted by Crippen LogP contribution is 2.26. The van der Waals surface area contributed by atoms with Crippen LogP contribution in [0.25, 0.3) is 0 Å². The smallest absolute Gasteiger partial charge is 0.123 e. The highest BCUT2D eigenvalue weighted by Gasteiger charge is 2.12. The molecule has 0 aromatic heterocycles. The number of aliphatic hydroxyl groups excluding tert-OH is 1. The van der Waals surface area contributed by atoms with Gasteiger partial charge in [0.25, 0.3) is 0 Å². The van der Waals surface area contributed by atoms with Crippen LogP contribution < -0.4 is 4.74 Å². The lowest BCUT2D eigenvalue weighted by Crippen LogP contribution is -2.04. The van der Waals surface area contributed by atoms with Gasteiger partial charge in [0.2, 0.25) is 0 Å². The fraction of sp³-hybridized carbons (Fsp3) is 0.294. The number of hydrogen-bond donors (Lipinski definition) is 1. The number of halogens is 2. The monoisotopic (exact) mass is 352 g/mol. The lowest BCUT2D eigenvalue weighted by atomic mass is 10.0. The summed E-state index contributed by atoms with van der Waals surface area (Å²) in [6.07, 6.45) is 0.576. The van der Waals surface area contributed by atoms with E-state index < -0.39 is 6.10 Å². The van der Waals surface area contributed by atoms with Crippen molar-refractivity contribution in [3.05, 3.63) is 63.9 Å². The molecule has 0 saturated heterocycles. The second kappa shape index (κ2) is 7.57. The standard InChI is InChI=1S/C17H18BrFO2/c1-2-8-21-15-5-3-4-12(10-15)17(20)11-13-9-14(19)6-7-16(13)18/h3-7,9-10,17,20H,2,8,11H2,1H3. The van der Waals surface area contributed by atoms with Gasteiger partial charge in [-0.25, -0.2) is 4.39 Å². The van der Waals surface area contributed by atoms with Gasteiger partial charge in [0, 0.05) is 10.9 Å². The molecule has 0 radical (unpaired) electrons. The van der Waals surface area contributed by atoms with Crippen LogP contribution in [-0.4, -0.2) is 11.7 Å². The van der Waals surface area contributed by atoms with Gasteiger partial charge in [0.1, 0.15) is 11.6 Å². The first kappa shape index (κ1) is 16.0. The van der Waals surface area contributed by atoms with Crippen molar-refractivity contribution >= 4 is 15.9 Å². The lowest BCUT2D eigenvalue weighted by molar-refractivity contribution is 0.177. The molecule has 0 aliphatic rings. The summed E-state index contributed by atoms with van der Waals surface area (Å²) in [5.41, 5.74) is 1.50. The lowest BCUT2D eigenvalue weighted by Gasteiger charge is -2.14. The van der Waals surface area contributed by atoms with Crippen LogP contribution in [0.3, 0.4) is 0 Å². The van der Waals surface area contributed by atoms with E-state index in [1.165, 1.54) is 12.1 Å². The molecule has 1 atom stereocenters. The zero-order valence-electron chi connectivity index (χ0n) is 11.9. The van der Waals surface area contributed by atoms with E-state index in [0.717, 1.165) is 27.8 Å². The Hall–Kier alpha value is -1.39. The zero-order chi connectivity index (χ0) is 15.2. The quantitative estimate of drug-likeness (QED) is 0.819. The number of rotatable bonds is 6. The first-order chi connectivity index (χ1) is 10.1. The van der Waals surface area contributed by atoms with Gasteiger partial charge in [-0.3, -0.25) is 0 Å². The van der Waals surface area contributed by atoms with Crippen molar-refractivity contribution < 1.29 is 14.2 Å². The molecule has 0 saturated carbocycles. The maximum atomic E-state index is 13.3. The van der Waals surface area contributed by atoms with Gasteiger partial charge in [0.05, 0.1) is 12.7 Å². The first-order valence-corrected chi connectivity index (χ1v) is 7.74. The van der Waals surface area contributed by atoms with Crippen molar-refractivity contribution in [1.29, 1.82) is 0 Å². The van der Waals surface area contributed by atoms with Crippen molar-refractivity contribution in [3.63, 3.8) is 0 Å². The molecular weight excluding hydrogens is 335 g/mol. The molecule has 0 aliphatic heterocycles. The summed E-state index contributed by atoms with van der Waals surface area (Å²) in [5.74, 6) is 0.437. The van der Waals surface area contributed by atoms with Crippen LogP contribution in [0.1, 0.15) is 30.6 Å². The Morgan fingerprint density at radius 2 is 2.05 bits per heavy atom. The highest BCUT2D eigenvalue weighted by molar-refractivity contribution is 9.10. The van der Waals surface area contributed by atoms with Gasteiger partial charge < -0.3 is 9.84 Å². The molecule has 0 spiro atoms. The van der Waals surface area contributed by atoms with Gasteiger partial charge in [-0.05, 0) is 47.9 Å². The molecule has 112 valence electrons. The van der Waals surface area contributed by atoms with Gasteiger partial charge in [-0.2, -0.15) is 0 Å². The SMILES string of the molecule is CCCOc1cccc(C(O)Cc2cc(F)ccc2Br)c1. The second-order valence-electron chi connectivity index (χ2n) is 4.88. The molecule has 0 aliphatic carbocycles. The number of hydrogen-bond acceptors (Lipinski definition) is 2. The van der Waals surface area contributed by atoms with E-state index in [1.54, 1.807) is 6.07 Å². The predicted molar refractivity (Wildman–Crippen MR) is 85.0 cm³/mol. The molecule has 2 aromatic rings. The second-order valence-corrected chi connectivity index (χ2v) is 5.73. The third-order valence-corrected chi connectivity index (χ3v) is 3.91. The molecule has 0 heterocycles. The average molecular weight is 353 g/mol. The predicted octanol–water partition coefficient (Wildman–Crippen LogP) is 4.65. The fourth-order valence-corrected chi connectivity index (χ4v) is 2.47. The van der Waals surface area contributed by atoms with Crippen LogP contribution in [0.5, 0.6) is 5.75 Å². The number of benzene rings is 2. The minimum absolute atomic E-state index is 0.305. The first-order valence-electron chi connectivity index (χ1n) is 6.95. The number of aliphatic hydroxyl groups is 1. The molecule has 21 heavy (non-hydrogen) atoms. The molecule has 2 aromatic carbocycles. The van der Waals surface area contributed by atoms with Crippen molar-refractivity contribution in [2.75, 3.05) is 6.61 Å². The van der Waals surface area contributed by atoms with Crippen molar-refractivity contribution in [2.24, 2.45) is 0 Å². The largest absolute Gasteiger partial charge is 0.494 e. The summed E-state index contributed by atoms with van der Waals surface area (Å²) in [5, 5.41) is 10.3. The van der Waals surface area contributed by atoms with Crippen LogP contribution in [-0.2, 0) is 6.42 Å². The minimum Gasteiger partial charge on any atom is -0.494 e. The van der Waals surface area contributed by atoms with Gasteiger partial charge >= 0.3 is 0 Å². The van der Waals surface area contributed by atoms with Gasteiger partial charge in [0.15, 0.2) is 0 Å². The maximum Gasteiger partial charge on any atom is 0.123 e. The van der Waals surface area contributed by atoms with Crippen molar-refractivity contribution in [1.82, 2.24) is 0 Å². The Kier molecular flexibility index (Phi) is 5.76. The topological polar surface area (TPSA) is 29.5 Å². The summed E-state index contributed by atoms with van der Waals surface area (Å²) in [6, 6.07) is 11.9. The fourth-order valence-electron chi connectivity index (χ4n) is 2.06. The molecule has 1 unspecified atom stereocenters. The summed E-state index contributed by atoms with van der Waals surface area (Å²) < 4.78 is 19.6. The van der Waals surface area contributed by atoms with Crippen LogP contribution in [0.2, 0.25) is 0 Å². The molecular formula is C17H18BrFO2.